The Bertz CT molecular complexity index is 659. The minimum atomic E-state index is -0.342. The van der Waals surface area contributed by atoms with E-state index in [4.69, 9.17) is 4.74 Å². The van der Waals surface area contributed by atoms with Crippen LogP contribution < -0.4 is 20.7 Å². The van der Waals surface area contributed by atoms with Crippen molar-refractivity contribution in [3.63, 3.8) is 0 Å². The number of aryl methyl sites for hydroxylation is 1. The summed E-state index contributed by atoms with van der Waals surface area (Å²) in [6, 6.07) is 5.75. The number of hydrogen-bond acceptors (Lipinski definition) is 4. The van der Waals surface area contributed by atoms with Crippen LogP contribution in [0, 0.1) is 6.92 Å². The number of methoxy groups -OCH3 is 1. The number of ether oxygens (including phenoxy) is 1. The number of urea groups is 1. The lowest BCUT2D eigenvalue weighted by Crippen LogP contribution is -2.43. The first-order valence-corrected chi connectivity index (χ1v) is 8.79. The molecule has 0 bridgehead atoms. The van der Waals surface area contributed by atoms with E-state index in [0.29, 0.717) is 25.6 Å². The molecule has 0 aromatic heterocycles. The number of amides is 3. The molecule has 1 heterocycles. The molecule has 1 aromatic rings. The number of carbonyl (C=O) groups excluding carboxylic acids is 2. The molecule has 8 heteroatoms. The number of rotatable bonds is 8. The highest BCUT2D eigenvalue weighted by molar-refractivity contribution is 6.01. The summed E-state index contributed by atoms with van der Waals surface area (Å²) in [5.41, 5.74) is 2.30. The van der Waals surface area contributed by atoms with Gasteiger partial charge in [-0.1, -0.05) is 17.7 Å². The molecule has 0 aliphatic carbocycles. The van der Waals surface area contributed by atoms with Crippen LogP contribution in [0.3, 0.4) is 0 Å². The standard InChI is InChI=1S/C18H27N5O3/c1-4-19-17(21-9-10-23-16(24)12-22-18(23)25)20-8-7-14-11-13(2)5-6-15(14)26-3/h5-6,11H,4,7-10,12H2,1-3H3,(H,22,25)(H2,19,20,21). The Labute approximate surface area is 154 Å². The second-order valence-corrected chi connectivity index (χ2v) is 5.96. The molecule has 0 spiro atoms. The summed E-state index contributed by atoms with van der Waals surface area (Å²) in [7, 11) is 1.67. The lowest BCUT2D eigenvalue weighted by Gasteiger charge is -2.15. The predicted octanol–water partition coefficient (Wildman–Crippen LogP) is 0.653. The molecule has 1 saturated heterocycles. The zero-order valence-corrected chi connectivity index (χ0v) is 15.6. The largest absolute Gasteiger partial charge is 0.496 e. The van der Waals surface area contributed by atoms with Crippen molar-refractivity contribution < 1.29 is 14.3 Å². The molecule has 1 aliphatic heterocycles. The molecule has 0 radical (unpaired) electrons. The van der Waals surface area contributed by atoms with Gasteiger partial charge in [0.25, 0.3) is 0 Å². The van der Waals surface area contributed by atoms with E-state index in [2.05, 4.69) is 27.0 Å². The van der Waals surface area contributed by atoms with Crippen LogP contribution in [0.25, 0.3) is 0 Å². The highest BCUT2D eigenvalue weighted by Crippen LogP contribution is 2.20. The van der Waals surface area contributed by atoms with Crippen molar-refractivity contribution >= 4 is 17.9 Å². The maximum Gasteiger partial charge on any atom is 0.324 e. The fourth-order valence-corrected chi connectivity index (χ4v) is 2.70. The Balaban J connectivity index is 1.87. The van der Waals surface area contributed by atoms with Crippen molar-refractivity contribution in [2.24, 2.45) is 4.99 Å². The third kappa shape index (κ3) is 5.37. The summed E-state index contributed by atoms with van der Waals surface area (Å²) in [5.74, 6) is 1.32. The fraction of sp³-hybridized carbons (Fsp3) is 0.500. The number of benzene rings is 1. The fourth-order valence-electron chi connectivity index (χ4n) is 2.70. The second kappa shape index (κ2) is 9.65. The molecule has 1 aromatic carbocycles. The average molecular weight is 361 g/mol. The van der Waals surface area contributed by atoms with Gasteiger partial charge in [-0.3, -0.25) is 14.7 Å². The lowest BCUT2D eigenvalue weighted by molar-refractivity contribution is -0.124. The summed E-state index contributed by atoms with van der Waals surface area (Å²) < 4.78 is 5.39. The number of imide groups is 1. The van der Waals surface area contributed by atoms with Crippen LogP contribution in [0.5, 0.6) is 5.75 Å². The van der Waals surface area contributed by atoms with E-state index in [9.17, 15) is 9.59 Å². The van der Waals surface area contributed by atoms with Gasteiger partial charge in [-0.2, -0.15) is 0 Å². The number of guanidine groups is 1. The highest BCUT2D eigenvalue weighted by Gasteiger charge is 2.27. The number of carbonyl (C=O) groups is 2. The molecule has 26 heavy (non-hydrogen) atoms. The lowest BCUT2D eigenvalue weighted by atomic mass is 10.1. The zero-order valence-electron chi connectivity index (χ0n) is 15.6. The number of aliphatic imine (C=N–C) groups is 1. The molecule has 1 aliphatic rings. The first-order chi connectivity index (χ1) is 12.5. The van der Waals surface area contributed by atoms with Crippen molar-refractivity contribution in [2.75, 3.05) is 39.8 Å². The molecular weight excluding hydrogens is 334 g/mol. The average Bonchev–Trinajstić information content (AvgIpc) is 2.94. The normalized spacial score (nSPS) is 14.4. The molecular formula is C18H27N5O3. The number of nitrogens with one attached hydrogen (secondary N) is 3. The van der Waals surface area contributed by atoms with Gasteiger partial charge in [0.05, 0.1) is 13.7 Å². The SMILES string of the molecule is CCNC(=NCCc1cc(C)ccc1OC)NCCN1C(=O)CNC1=O. The molecule has 8 nitrogen and oxygen atoms in total. The first kappa shape index (κ1) is 19.6. The van der Waals surface area contributed by atoms with Crippen molar-refractivity contribution in [3.8, 4) is 5.75 Å². The van der Waals surface area contributed by atoms with Gasteiger partial charge in [-0.05, 0) is 31.9 Å². The maximum absolute atomic E-state index is 11.6. The van der Waals surface area contributed by atoms with Gasteiger partial charge >= 0.3 is 6.03 Å². The van der Waals surface area contributed by atoms with Crippen LogP contribution in [0.15, 0.2) is 23.2 Å². The minimum absolute atomic E-state index is 0.0747. The summed E-state index contributed by atoms with van der Waals surface area (Å²) in [6.07, 6.45) is 0.758. The second-order valence-electron chi connectivity index (χ2n) is 5.96. The van der Waals surface area contributed by atoms with Crippen molar-refractivity contribution in [1.82, 2.24) is 20.9 Å². The van der Waals surface area contributed by atoms with Crippen LogP contribution in [0.1, 0.15) is 18.1 Å². The third-order valence-corrected chi connectivity index (χ3v) is 4.00. The Morgan fingerprint density at radius 2 is 2.15 bits per heavy atom. The molecule has 0 atom stereocenters. The molecule has 0 unspecified atom stereocenters. The topological polar surface area (TPSA) is 95.1 Å². The zero-order chi connectivity index (χ0) is 18.9. The van der Waals surface area contributed by atoms with E-state index in [1.54, 1.807) is 7.11 Å². The molecule has 3 amide bonds. The Kier molecular flexibility index (Phi) is 7.25. The van der Waals surface area contributed by atoms with Gasteiger partial charge in [0.15, 0.2) is 5.96 Å². The van der Waals surface area contributed by atoms with E-state index < -0.39 is 0 Å². The Hall–Kier alpha value is -2.77. The predicted molar refractivity (Wildman–Crippen MR) is 101 cm³/mol. The van der Waals surface area contributed by atoms with E-state index in [1.165, 1.54) is 10.5 Å². The molecule has 3 N–H and O–H groups in total. The highest BCUT2D eigenvalue weighted by atomic mass is 16.5. The van der Waals surface area contributed by atoms with Gasteiger partial charge in [-0.15, -0.1) is 0 Å². The first-order valence-electron chi connectivity index (χ1n) is 8.79. The summed E-state index contributed by atoms with van der Waals surface area (Å²) >= 11 is 0. The summed E-state index contributed by atoms with van der Waals surface area (Å²) in [6.45, 7) is 6.18. The van der Waals surface area contributed by atoms with Gasteiger partial charge in [-0.25, -0.2) is 4.79 Å². The van der Waals surface area contributed by atoms with Crippen LogP contribution >= 0.6 is 0 Å². The maximum atomic E-state index is 11.6. The van der Waals surface area contributed by atoms with Gasteiger partial charge in [0.1, 0.15) is 5.75 Å². The van der Waals surface area contributed by atoms with Crippen LogP contribution in [-0.4, -0.2) is 62.6 Å². The van der Waals surface area contributed by atoms with Crippen LogP contribution in [-0.2, 0) is 11.2 Å². The molecule has 1 fully saturated rings. The minimum Gasteiger partial charge on any atom is -0.496 e. The van der Waals surface area contributed by atoms with Crippen molar-refractivity contribution in [1.29, 1.82) is 0 Å². The molecule has 0 saturated carbocycles. The van der Waals surface area contributed by atoms with Crippen molar-refractivity contribution in [2.45, 2.75) is 20.3 Å². The van der Waals surface area contributed by atoms with Crippen molar-refractivity contribution in [3.05, 3.63) is 29.3 Å². The van der Waals surface area contributed by atoms with Crippen LogP contribution in [0.4, 0.5) is 4.79 Å². The Morgan fingerprint density at radius 3 is 2.81 bits per heavy atom. The molecule has 142 valence electrons. The monoisotopic (exact) mass is 361 g/mol. The van der Waals surface area contributed by atoms with Gasteiger partial charge < -0.3 is 20.7 Å². The third-order valence-electron chi connectivity index (χ3n) is 4.00. The Morgan fingerprint density at radius 1 is 1.35 bits per heavy atom. The smallest absolute Gasteiger partial charge is 0.324 e. The quantitative estimate of drug-likeness (QED) is 0.359. The number of hydrogen-bond donors (Lipinski definition) is 3. The summed E-state index contributed by atoms with van der Waals surface area (Å²) in [5, 5.41) is 8.81. The van der Waals surface area contributed by atoms with Gasteiger partial charge in [0, 0.05) is 26.2 Å². The van der Waals surface area contributed by atoms with E-state index in [-0.39, 0.29) is 18.5 Å². The molecule has 2 rings (SSSR count). The van der Waals surface area contributed by atoms with Gasteiger partial charge in [0.2, 0.25) is 5.91 Å². The van der Waals surface area contributed by atoms with Crippen LogP contribution in [0.2, 0.25) is 0 Å². The van der Waals surface area contributed by atoms with E-state index >= 15 is 0 Å². The summed E-state index contributed by atoms with van der Waals surface area (Å²) in [4.78, 5) is 28.8. The van der Waals surface area contributed by atoms with E-state index in [1.807, 2.05) is 26.0 Å². The number of nitrogens with zero attached hydrogens (tertiary/aromatic N) is 2. The van der Waals surface area contributed by atoms with E-state index in [0.717, 1.165) is 24.3 Å².